The summed E-state index contributed by atoms with van der Waals surface area (Å²) in [5.74, 6) is 1.99. The van der Waals surface area contributed by atoms with E-state index in [2.05, 4.69) is 13.8 Å². The number of furan rings is 1. The summed E-state index contributed by atoms with van der Waals surface area (Å²) in [5.41, 5.74) is 1.72. The van der Waals surface area contributed by atoms with Crippen molar-refractivity contribution in [2.75, 3.05) is 7.11 Å². The molecule has 0 amide bonds. The minimum absolute atomic E-state index is 0.441. The first-order chi connectivity index (χ1) is 12.7. The molecule has 0 unspecified atom stereocenters. The van der Waals surface area contributed by atoms with Crippen molar-refractivity contribution in [2.24, 2.45) is 16.0 Å². The fourth-order valence-electron chi connectivity index (χ4n) is 2.53. The van der Waals surface area contributed by atoms with Gasteiger partial charge in [-0.1, -0.05) is 19.9 Å². The first-order valence-electron chi connectivity index (χ1n) is 8.72. The highest BCUT2D eigenvalue weighted by Crippen LogP contribution is 2.23. The lowest BCUT2D eigenvalue weighted by atomic mass is 10.1. The Morgan fingerprint density at radius 2 is 2.08 bits per heavy atom. The lowest BCUT2D eigenvalue weighted by Crippen LogP contribution is -2.12. The highest BCUT2D eigenvalue weighted by Gasteiger charge is 2.10. The van der Waals surface area contributed by atoms with Crippen LogP contribution in [0.4, 0.5) is 5.69 Å². The molecule has 0 spiro atoms. The third-order valence-electron chi connectivity index (χ3n) is 4.18. The predicted molar refractivity (Wildman–Crippen MR) is 106 cm³/mol. The molecule has 0 N–H and O–H groups in total. The SMILES string of the molecule is CCC(C=Nn1c(-c2ccco2)csc1=Nc1cccc(OC)c1)CC. The van der Waals surface area contributed by atoms with E-state index in [9.17, 15) is 0 Å². The summed E-state index contributed by atoms with van der Waals surface area (Å²) >= 11 is 1.53. The topological polar surface area (TPSA) is 52.0 Å². The second-order valence-corrected chi connectivity index (χ2v) is 6.68. The maximum Gasteiger partial charge on any atom is 0.211 e. The Labute approximate surface area is 157 Å². The monoisotopic (exact) mass is 369 g/mol. The van der Waals surface area contributed by atoms with Crippen LogP contribution in [0.25, 0.3) is 11.5 Å². The molecule has 2 aromatic heterocycles. The van der Waals surface area contributed by atoms with Gasteiger partial charge in [-0.05, 0) is 43.0 Å². The van der Waals surface area contributed by atoms with Gasteiger partial charge < -0.3 is 9.15 Å². The summed E-state index contributed by atoms with van der Waals surface area (Å²) in [5, 5.41) is 6.74. The van der Waals surface area contributed by atoms with Crippen LogP contribution in [0.15, 0.2) is 62.6 Å². The van der Waals surface area contributed by atoms with Gasteiger partial charge in [0.15, 0.2) is 5.76 Å². The Morgan fingerprint density at radius 1 is 1.23 bits per heavy atom. The molecule has 0 atom stereocenters. The van der Waals surface area contributed by atoms with E-state index in [0.29, 0.717) is 5.92 Å². The molecule has 3 rings (SSSR count). The Balaban J connectivity index is 2.08. The normalized spacial score (nSPS) is 12.4. The van der Waals surface area contributed by atoms with E-state index in [4.69, 9.17) is 19.2 Å². The number of aromatic nitrogens is 1. The molecule has 26 heavy (non-hydrogen) atoms. The Hall–Kier alpha value is -2.60. The molecule has 0 bridgehead atoms. The Bertz CT molecular complexity index is 919. The number of nitrogens with zero attached hydrogens (tertiary/aromatic N) is 3. The van der Waals surface area contributed by atoms with Crippen molar-refractivity contribution in [1.29, 1.82) is 0 Å². The quantitative estimate of drug-likeness (QED) is 0.529. The molecule has 5 nitrogen and oxygen atoms in total. The van der Waals surface area contributed by atoms with Gasteiger partial charge in [0, 0.05) is 17.7 Å². The molecule has 2 heterocycles. The summed E-state index contributed by atoms with van der Waals surface area (Å²) in [6.45, 7) is 4.35. The molecule has 1 aromatic carbocycles. The summed E-state index contributed by atoms with van der Waals surface area (Å²) in [4.78, 5) is 5.54. The van der Waals surface area contributed by atoms with Crippen molar-refractivity contribution in [3.8, 4) is 17.2 Å². The third-order valence-corrected chi connectivity index (χ3v) is 4.99. The summed E-state index contributed by atoms with van der Waals surface area (Å²) < 4.78 is 12.7. The Kier molecular flexibility index (Phi) is 6.07. The highest BCUT2D eigenvalue weighted by atomic mass is 32.1. The van der Waals surface area contributed by atoms with E-state index >= 15 is 0 Å². The molecule has 0 aliphatic rings. The van der Waals surface area contributed by atoms with Crippen LogP contribution in [0.5, 0.6) is 5.75 Å². The largest absolute Gasteiger partial charge is 0.497 e. The maximum atomic E-state index is 5.57. The summed E-state index contributed by atoms with van der Waals surface area (Å²) in [7, 11) is 1.65. The molecule has 6 heteroatoms. The number of thiazole rings is 1. The van der Waals surface area contributed by atoms with Gasteiger partial charge >= 0.3 is 0 Å². The number of methoxy groups -OCH3 is 1. The molecular weight excluding hydrogens is 346 g/mol. The Morgan fingerprint density at radius 3 is 2.77 bits per heavy atom. The zero-order valence-electron chi connectivity index (χ0n) is 15.3. The van der Waals surface area contributed by atoms with Crippen molar-refractivity contribution in [1.82, 2.24) is 4.68 Å². The fourth-order valence-corrected chi connectivity index (χ4v) is 3.37. The molecule has 0 aliphatic heterocycles. The average molecular weight is 369 g/mol. The van der Waals surface area contributed by atoms with Gasteiger partial charge in [-0.3, -0.25) is 0 Å². The number of ether oxygens (including phenoxy) is 1. The average Bonchev–Trinajstić information content (AvgIpc) is 3.33. The van der Waals surface area contributed by atoms with E-state index in [1.54, 1.807) is 13.4 Å². The van der Waals surface area contributed by atoms with Crippen LogP contribution in [0.1, 0.15) is 26.7 Å². The summed E-state index contributed by atoms with van der Waals surface area (Å²) in [6.07, 6.45) is 5.79. The van der Waals surface area contributed by atoms with E-state index in [1.165, 1.54) is 11.3 Å². The van der Waals surface area contributed by atoms with Crippen molar-refractivity contribution >= 4 is 23.2 Å². The van der Waals surface area contributed by atoms with E-state index < -0.39 is 0 Å². The molecule has 0 radical (unpaired) electrons. The van der Waals surface area contributed by atoms with Crippen molar-refractivity contribution < 1.29 is 9.15 Å². The number of benzene rings is 1. The molecule has 0 fully saturated rings. The number of hydrogen-bond donors (Lipinski definition) is 0. The zero-order chi connectivity index (χ0) is 18.4. The molecular formula is C20H23N3O2S. The first kappa shape index (κ1) is 18.2. The second-order valence-electron chi connectivity index (χ2n) is 5.85. The zero-order valence-corrected chi connectivity index (χ0v) is 16.1. The third kappa shape index (κ3) is 4.14. The van der Waals surface area contributed by atoms with Crippen molar-refractivity contribution in [3.63, 3.8) is 0 Å². The number of rotatable bonds is 7. The van der Waals surface area contributed by atoms with Crippen LogP contribution in [-0.4, -0.2) is 18.0 Å². The van der Waals surface area contributed by atoms with Crippen LogP contribution >= 0.6 is 11.3 Å². The fraction of sp³-hybridized carbons (Fsp3) is 0.300. The highest BCUT2D eigenvalue weighted by molar-refractivity contribution is 7.07. The van der Waals surface area contributed by atoms with Crippen LogP contribution in [0.3, 0.4) is 0 Å². The van der Waals surface area contributed by atoms with Crippen LogP contribution in [0.2, 0.25) is 0 Å². The molecule has 0 aliphatic carbocycles. The van der Waals surface area contributed by atoms with Gasteiger partial charge in [0.2, 0.25) is 4.80 Å². The van der Waals surface area contributed by atoms with Gasteiger partial charge in [-0.2, -0.15) is 5.10 Å². The van der Waals surface area contributed by atoms with Crippen molar-refractivity contribution in [2.45, 2.75) is 26.7 Å². The number of hydrogen-bond acceptors (Lipinski definition) is 5. The van der Waals surface area contributed by atoms with Gasteiger partial charge in [0.1, 0.15) is 11.4 Å². The van der Waals surface area contributed by atoms with Crippen LogP contribution in [0, 0.1) is 5.92 Å². The van der Waals surface area contributed by atoms with Gasteiger partial charge in [0.25, 0.3) is 0 Å². The molecule has 3 aromatic rings. The molecule has 136 valence electrons. The first-order valence-corrected chi connectivity index (χ1v) is 9.60. The van der Waals surface area contributed by atoms with E-state index in [1.807, 2.05) is 52.7 Å². The van der Waals surface area contributed by atoms with Crippen molar-refractivity contribution in [3.05, 3.63) is 52.8 Å². The standard InChI is InChI=1S/C20H23N3O2S/c1-4-15(5-2)13-21-23-18(19-10-7-11-25-19)14-26-20(23)22-16-8-6-9-17(12-16)24-3/h6-15H,4-5H2,1-3H3. The lowest BCUT2D eigenvalue weighted by molar-refractivity contribution is 0.415. The van der Waals surface area contributed by atoms with Crippen LogP contribution < -0.4 is 9.54 Å². The van der Waals surface area contributed by atoms with Gasteiger partial charge in [-0.15, -0.1) is 11.3 Å². The maximum absolute atomic E-state index is 5.57. The molecule has 0 saturated carbocycles. The van der Waals surface area contributed by atoms with E-state index in [-0.39, 0.29) is 0 Å². The minimum Gasteiger partial charge on any atom is -0.497 e. The smallest absolute Gasteiger partial charge is 0.211 e. The van der Waals surface area contributed by atoms with Crippen LogP contribution in [-0.2, 0) is 0 Å². The van der Waals surface area contributed by atoms with E-state index in [0.717, 1.165) is 40.5 Å². The minimum atomic E-state index is 0.441. The second kappa shape index (κ2) is 8.67. The van der Waals surface area contributed by atoms with Gasteiger partial charge in [0.05, 0.1) is 19.1 Å². The lowest BCUT2D eigenvalue weighted by Gasteiger charge is -2.06. The van der Waals surface area contributed by atoms with Gasteiger partial charge in [-0.25, -0.2) is 9.67 Å². The molecule has 0 saturated heterocycles. The predicted octanol–water partition coefficient (Wildman–Crippen LogP) is 5.32. The summed E-state index contributed by atoms with van der Waals surface area (Å²) in [6, 6.07) is 11.5.